The minimum Gasteiger partial charge on any atom is -0.497 e. The summed E-state index contributed by atoms with van der Waals surface area (Å²) >= 11 is 12.3. The Morgan fingerprint density at radius 2 is 1.81 bits per heavy atom. The van der Waals surface area contributed by atoms with Gasteiger partial charge in [-0.05, 0) is 85.4 Å². The monoisotopic (exact) mass is 530 g/mol. The Balaban J connectivity index is 1.12. The van der Waals surface area contributed by atoms with E-state index >= 15 is 0 Å². The van der Waals surface area contributed by atoms with Crippen LogP contribution in [0, 0.1) is 5.41 Å². The van der Waals surface area contributed by atoms with E-state index in [0.717, 1.165) is 67.8 Å². The summed E-state index contributed by atoms with van der Waals surface area (Å²) in [5.41, 5.74) is 1.56. The SMILES string of the molecule is COc1ccc(OC)c(CCC(=O)N2CCC3(CC(NC(=O)C4(c5ccc(Cl)c(Cl)c5)CC4)C3)C2)c1. The normalized spacial score (nSPS) is 23.8. The van der Waals surface area contributed by atoms with Gasteiger partial charge in [0.05, 0.1) is 29.7 Å². The zero-order chi connectivity index (χ0) is 25.5. The van der Waals surface area contributed by atoms with E-state index in [9.17, 15) is 9.59 Å². The molecule has 36 heavy (non-hydrogen) atoms. The standard InChI is InChI=1S/C28H32Cl2N2O4/c1-35-21-5-7-24(36-2)18(13-21)3-8-25(33)32-12-11-27(17-32)15-20(16-27)31-26(34)28(9-10-28)19-4-6-22(29)23(30)14-19/h4-7,13-14,20H,3,8-12,15-17H2,1-2H3,(H,31,34). The van der Waals surface area contributed by atoms with E-state index in [4.69, 9.17) is 32.7 Å². The van der Waals surface area contributed by atoms with Crippen LogP contribution < -0.4 is 14.8 Å². The number of likely N-dealkylation sites (tertiary alicyclic amines) is 1. The number of rotatable bonds is 8. The molecule has 1 heterocycles. The molecule has 5 rings (SSSR count). The van der Waals surface area contributed by atoms with E-state index in [1.165, 1.54) is 0 Å². The fraction of sp³-hybridized carbons (Fsp3) is 0.500. The van der Waals surface area contributed by atoms with Gasteiger partial charge in [-0.1, -0.05) is 29.3 Å². The van der Waals surface area contributed by atoms with Gasteiger partial charge in [0.1, 0.15) is 11.5 Å². The Morgan fingerprint density at radius 3 is 2.47 bits per heavy atom. The minimum atomic E-state index is -0.476. The van der Waals surface area contributed by atoms with Crippen LogP contribution in [0.2, 0.25) is 10.0 Å². The number of hydrogen-bond acceptors (Lipinski definition) is 4. The molecular weight excluding hydrogens is 499 g/mol. The predicted octanol–water partition coefficient (Wildman–Crippen LogP) is 5.17. The highest BCUT2D eigenvalue weighted by Gasteiger charge is 2.55. The fourth-order valence-corrected chi connectivity index (χ4v) is 6.23. The van der Waals surface area contributed by atoms with Crippen molar-refractivity contribution in [2.75, 3.05) is 27.3 Å². The maximum Gasteiger partial charge on any atom is 0.230 e. The Hall–Kier alpha value is -2.44. The van der Waals surface area contributed by atoms with Crippen molar-refractivity contribution in [2.45, 2.75) is 56.4 Å². The van der Waals surface area contributed by atoms with Crippen molar-refractivity contribution in [3.05, 3.63) is 57.6 Å². The van der Waals surface area contributed by atoms with Crippen molar-refractivity contribution in [2.24, 2.45) is 5.41 Å². The van der Waals surface area contributed by atoms with Gasteiger partial charge >= 0.3 is 0 Å². The van der Waals surface area contributed by atoms with Crippen LogP contribution in [0.5, 0.6) is 11.5 Å². The molecule has 192 valence electrons. The van der Waals surface area contributed by atoms with Crippen LogP contribution in [-0.4, -0.2) is 50.1 Å². The van der Waals surface area contributed by atoms with Gasteiger partial charge < -0.3 is 19.7 Å². The maximum atomic E-state index is 13.2. The Bertz CT molecular complexity index is 1170. The van der Waals surface area contributed by atoms with E-state index in [1.807, 2.05) is 35.2 Å². The fourth-order valence-electron chi connectivity index (χ4n) is 5.94. The summed E-state index contributed by atoms with van der Waals surface area (Å²) in [6.45, 7) is 1.55. The smallest absolute Gasteiger partial charge is 0.230 e. The summed E-state index contributed by atoms with van der Waals surface area (Å²) in [5.74, 6) is 1.78. The van der Waals surface area contributed by atoms with Crippen molar-refractivity contribution in [3.63, 3.8) is 0 Å². The molecule has 1 saturated heterocycles. The highest BCUT2D eigenvalue weighted by atomic mass is 35.5. The van der Waals surface area contributed by atoms with Crippen LogP contribution in [0.3, 0.4) is 0 Å². The highest BCUT2D eigenvalue weighted by molar-refractivity contribution is 6.42. The third-order valence-electron chi connectivity index (χ3n) is 8.24. The number of methoxy groups -OCH3 is 2. The summed E-state index contributed by atoms with van der Waals surface area (Å²) in [6.07, 6.45) is 5.53. The average molecular weight is 531 g/mol. The molecule has 0 atom stereocenters. The van der Waals surface area contributed by atoms with Gasteiger partial charge in [-0.25, -0.2) is 0 Å². The second-order valence-electron chi connectivity index (χ2n) is 10.5. The number of halogens is 2. The number of amides is 2. The number of carbonyl (C=O) groups excluding carboxylic acids is 2. The minimum absolute atomic E-state index is 0.0823. The van der Waals surface area contributed by atoms with Crippen LogP contribution in [0.25, 0.3) is 0 Å². The number of ether oxygens (including phenoxy) is 2. The maximum absolute atomic E-state index is 13.2. The zero-order valence-electron chi connectivity index (χ0n) is 20.7. The third kappa shape index (κ3) is 4.78. The van der Waals surface area contributed by atoms with Crippen molar-refractivity contribution < 1.29 is 19.1 Å². The lowest BCUT2D eigenvalue weighted by Gasteiger charge is -2.45. The average Bonchev–Trinajstić information content (AvgIpc) is 3.56. The van der Waals surface area contributed by atoms with Crippen LogP contribution in [-0.2, 0) is 21.4 Å². The second kappa shape index (κ2) is 9.79. The van der Waals surface area contributed by atoms with E-state index in [2.05, 4.69) is 5.32 Å². The molecule has 0 bridgehead atoms. The molecule has 2 aliphatic carbocycles. The summed E-state index contributed by atoms with van der Waals surface area (Å²) < 4.78 is 10.8. The molecule has 0 unspecified atom stereocenters. The first kappa shape index (κ1) is 25.2. The highest BCUT2D eigenvalue weighted by Crippen LogP contribution is 2.52. The number of carbonyl (C=O) groups is 2. The molecule has 1 aliphatic heterocycles. The predicted molar refractivity (Wildman–Crippen MR) is 140 cm³/mol. The van der Waals surface area contributed by atoms with E-state index in [0.29, 0.717) is 22.9 Å². The van der Waals surface area contributed by atoms with Gasteiger partial charge in [0.2, 0.25) is 11.8 Å². The van der Waals surface area contributed by atoms with E-state index in [1.54, 1.807) is 20.3 Å². The van der Waals surface area contributed by atoms with Crippen molar-refractivity contribution in [1.29, 1.82) is 0 Å². The number of benzene rings is 2. The Kier molecular flexibility index (Phi) is 6.86. The molecule has 6 nitrogen and oxygen atoms in total. The molecule has 2 aromatic carbocycles. The number of hydrogen-bond donors (Lipinski definition) is 1. The molecule has 0 radical (unpaired) electrons. The third-order valence-corrected chi connectivity index (χ3v) is 8.98. The quantitative estimate of drug-likeness (QED) is 0.511. The van der Waals surface area contributed by atoms with Crippen LogP contribution >= 0.6 is 23.2 Å². The largest absolute Gasteiger partial charge is 0.497 e. The van der Waals surface area contributed by atoms with E-state index < -0.39 is 5.41 Å². The summed E-state index contributed by atoms with van der Waals surface area (Å²) in [7, 11) is 3.27. The first-order valence-electron chi connectivity index (χ1n) is 12.5. The molecular formula is C28H32Cl2N2O4. The van der Waals surface area contributed by atoms with Gasteiger partial charge in [-0.15, -0.1) is 0 Å². The molecule has 2 aromatic rings. The topological polar surface area (TPSA) is 67.9 Å². The molecule has 3 aliphatic rings. The summed E-state index contributed by atoms with van der Waals surface area (Å²) in [6, 6.07) is 11.3. The van der Waals surface area contributed by atoms with Crippen molar-refractivity contribution in [3.8, 4) is 11.5 Å². The molecule has 2 saturated carbocycles. The lowest BCUT2D eigenvalue weighted by atomic mass is 9.65. The van der Waals surface area contributed by atoms with Crippen LogP contribution in [0.1, 0.15) is 49.7 Å². The molecule has 2 amide bonds. The first-order valence-corrected chi connectivity index (χ1v) is 13.3. The first-order chi connectivity index (χ1) is 17.3. The van der Waals surface area contributed by atoms with Crippen molar-refractivity contribution >= 4 is 35.0 Å². The Morgan fingerprint density at radius 1 is 1.03 bits per heavy atom. The molecule has 1 N–H and O–H groups in total. The molecule has 1 spiro atoms. The molecule has 0 aromatic heterocycles. The van der Waals surface area contributed by atoms with Crippen LogP contribution in [0.4, 0.5) is 0 Å². The second-order valence-corrected chi connectivity index (χ2v) is 11.3. The molecule has 3 fully saturated rings. The van der Waals surface area contributed by atoms with Crippen molar-refractivity contribution in [1.82, 2.24) is 10.2 Å². The van der Waals surface area contributed by atoms with Gasteiger partial charge in [-0.2, -0.15) is 0 Å². The lowest BCUT2D eigenvalue weighted by molar-refractivity contribution is -0.131. The molecule has 8 heteroatoms. The zero-order valence-corrected chi connectivity index (χ0v) is 22.3. The summed E-state index contributed by atoms with van der Waals surface area (Å²) in [4.78, 5) is 28.1. The van der Waals surface area contributed by atoms with Gasteiger partial charge in [-0.3, -0.25) is 9.59 Å². The number of nitrogens with one attached hydrogen (secondary N) is 1. The number of aryl methyl sites for hydroxylation is 1. The Labute approximate surface area is 222 Å². The lowest BCUT2D eigenvalue weighted by Crippen LogP contribution is -2.54. The van der Waals surface area contributed by atoms with Gasteiger partial charge in [0.15, 0.2) is 0 Å². The van der Waals surface area contributed by atoms with Gasteiger partial charge in [0, 0.05) is 25.6 Å². The van der Waals surface area contributed by atoms with Crippen LogP contribution in [0.15, 0.2) is 36.4 Å². The summed E-state index contributed by atoms with van der Waals surface area (Å²) in [5, 5.41) is 4.26. The van der Waals surface area contributed by atoms with Gasteiger partial charge in [0.25, 0.3) is 0 Å². The number of nitrogens with zero attached hydrogens (tertiary/aromatic N) is 1. The van der Waals surface area contributed by atoms with E-state index in [-0.39, 0.29) is 23.3 Å².